The smallest absolute Gasteiger partial charge is 0.240 e. The zero-order valence-electron chi connectivity index (χ0n) is 11.3. The molecule has 0 fully saturated rings. The number of nitrogens with zero attached hydrogens (tertiary/aromatic N) is 3. The maximum atomic E-state index is 5.88. The van der Waals surface area contributed by atoms with Crippen molar-refractivity contribution in [2.75, 3.05) is 20.2 Å². The van der Waals surface area contributed by atoms with Crippen LogP contribution in [0.5, 0.6) is 5.75 Å². The summed E-state index contributed by atoms with van der Waals surface area (Å²) in [6.45, 7) is 2.13. The quantitative estimate of drug-likeness (QED) is 0.838. The minimum atomic E-state index is 0.259. The molecule has 0 aliphatic carbocycles. The molecule has 2 rings (SSSR count). The third kappa shape index (κ3) is 4.48. The molecular formula is C13H17ClN4O2. The molecule has 1 aromatic heterocycles. The Hall–Kier alpha value is -1.63. The number of likely N-dealkylation sites (N-methyl/N-ethyl adjacent to an activating group) is 1. The molecule has 0 bridgehead atoms. The van der Waals surface area contributed by atoms with Gasteiger partial charge in [0.15, 0.2) is 5.82 Å². The van der Waals surface area contributed by atoms with Crippen molar-refractivity contribution >= 4 is 11.6 Å². The van der Waals surface area contributed by atoms with Crippen LogP contribution in [-0.2, 0) is 13.1 Å². The number of benzene rings is 1. The van der Waals surface area contributed by atoms with E-state index in [-0.39, 0.29) is 6.54 Å². The zero-order valence-corrected chi connectivity index (χ0v) is 12.0. The highest BCUT2D eigenvalue weighted by Crippen LogP contribution is 2.16. The van der Waals surface area contributed by atoms with Gasteiger partial charge in [0.1, 0.15) is 12.4 Å². The normalized spacial score (nSPS) is 11.0. The highest BCUT2D eigenvalue weighted by molar-refractivity contribution is 6.30. The number of hydrogen-bond acceptors (Lipinski definition) is 6. The van der Waals surface area contributed by atoms with E-state index in [0.29, 0.717) is 29.9 Å². The molecule has 0 saturated carbocycles. The molecule has 0 unspecified atom stereocenters. The van der Waals surface area contributed by atoms with Gasteiger partial charge in [-0.2, -0.15) is 4.98 Å². The molecule has 0 aliphatic rings. The summed E-state index contributed by atoms with van der Waals surface area (Å²) in [6, 6.07) is 7.33. The molecule has 1 aromatic carbocycles. The standard InChI is InChI=1S/C13H17ClN4O2/c1-18(9-12-16-13(8-15)20-17-12)5-6-19-11-4-2-3-10(14)7-11/h2-4,7H,5-6,8-9,15H2,1H3. The lowest BCUT2D eigenvalue weighted by atomic mass is 10.3. The van der Waals surface area contributed by atoms with Crippen molar-refractivity contribution in [2.45, 2.75) is 13.1 Å². The molecule has 20 heavy (non-hydrogen) atoms. The van der Waals surface area contributed by atoms with Crippen molar-refractivity contribution in [3.05, 3.63) is 41.0 Å². The van der Waals surface area contributed by atoms with Gasteiger partial charge in [-0.05, 0) is 25.2 Å². The lowest BCUT2D eigenvalue weighted by Crippen LogP contribution is -2.24. The number of ether oxygens (including phenoxy) is 1. The van der Waals surface area contributed by atoms with Gasteiger partial charge >= 0.3 is 0 Å². The summed E-state index contributed by atoms with van der Waals surface area (Å²) in [4.78, 5) is 6.18. The largest absolute Gasteiger partial charge is 0.492 e. The molecule has 0 atom stereocenters. The van der Waals surface area contributed by atoms with Crippen LogP contribution in [0.2, 0.25) is 5.02 Å². The highest BCUT2D eigenvalue weighted by atomic mass is 35.5. The first kappa shape index (κ1) is 14.8. The maximum absolute atomic E-state index is 5.88. The number of halogens is 1. The van der Waals surface area contributed by atoms with E-state index in [2.05, 4.69) is 10.1 Å². The second kappa shape index (κ2) is 7.23. The van der Waals surface area contributed by atoms with Crippen molar-refractivity contribution in [3.63, 3.8) is 0 Å². The predicted molar refractivity (Wildman–Crippen MR) is 75.5 cm³/mol. The van der Waals surface area contributed by atoms with Crippen LogP contribution in [-0.4, -0.2) is 35.2 Å². The van der Waals surface area contributed by atoms with Gasteiger partial charge in [-0.15, -0.1) is 0 Å². The number of nitrogens with two attached hydrogens (primary N) is 1. The van der Waals surface area contributed by atoms with Crippen LogP contribution in [0.3, 0.4) is 0 Å². The SMILES string of the molecule is CN(CCOc1cccc(Cl)c1)Cc1noc(CN)n1. The van der Waals surface area contributed by atoms with E-state index in [1.807, 2.05) is 30.1 Å². The van der Waals surface area contributed by atoms with E-state index in [4.69, 9.17) is 26.6 Å². The Balaban J connectivity index is 1.73. The molecule has 0 saturated heterocycles. The van der Waals surface area contributed by atoms with Crippen LogP contribution in [0.15, 0.2) is 28.8 Å². The van der Waals surface area contributed by atoms with E-state index < -0.39 is 0 Å². The number of rotatable bonds is 7. The minimum absolute atomic E-state index is 0.259. The molecule has 1 heterocycles. The van der Waals surface area contributed by atoms with E-state index in [1.54, 1.807) is 6.07 Å². The van der Waals surface area contributed by atoms with Crippen LogP contribution in [0, 0.1) is 0 Å². The van der Waals surface area contributed by atoms with Gasteiger partial charge in [0, 0.05) is 11.6 Å². The Kier molecular flexibility index (Phi) is 5.34. The fourth-order valence-electron chi connectivity index (χ4n) is 1.63. The van der Waals surface area contributed by atoms with Crippen molar-refractivity contribution in [1.82, 2.24) is 15.0 Å². The fourth-order valence-corrected chi connectivity index (χ4v) is 1.81. The fraction of sp³-hybridized carbons (Fsp3) is 0.385. The van der Waals surface area contributed by atoms with Gasteiger partial charge < -0.3 is 15.0 Å². The minimum Gasteiger partial charge on any atom is -0.492 e. The van der Waals surface area contributed by atoms with Gasteiger partial charge in [-0.1, -0.05) is 22.8 Å². The Morgan fingerprint density at radius 3 is 3.00 bits per heavy atom. The van der Waals surface area contributed by atoms with Crippen LogP contribution >= 0.6 is 11.6 Å². The monoisotopic (exact) mass is 296 g/mol. The molecule has 7 heteroatoms. The average molecular weight is 297 g/mol. The Bertz CT molecular complexity index is 547. The van der Waals surface area contributed by atoms with Crippen molar-refractivity contribution < 1.29 is 9.26 Å². The predicted octanol–water partition coefficient (Wildman–Crippen LogP) is 1.69. The van der Waals surface area contributed by atoms with Gasteiger partial charge in [-0.3, -0.25) is 4.90 Å². The molecule has 108 valence electrons. The van der Waals surface area contributed by atoms with Gasteiger partial charge in [0.25, 0.3) is 0 Å². The molecule has 6 nitrogen and oxygen atoms in total. The van der Waals surface area contributed by atoms with Crippen molar-refractivity contribution in [1.29, 1.82) is 0 Å². The molecule has 0 radical (unpaired) electrons. The molecule has 0 amide bonds. The third-order valence-corrected chi connectivity index (χ3v) is 2.87. The third-order valence-electron chi connectivity index (χ3n) is 2.63. The summed E-state index contributed by atoms with van der Waals surface area (Å²) < 4.78 is 10.6. The Morgan fingerprint density at radius 2 is 2.30 bits per heavy atom. The molecule has 0 aliphatic heterocycles. The van der Waals surface area contributed by atoms with Crippen LogP contribution in [0.4, 0.5) is 0 Å². The average Bonchev–Trinajstić information content (AvgIpc) is 2.86. The van der Waals surface area contributed by atoms with Gasteiger partial charge in [-0.25, -0.2) is 0 Å². The second-order valence-corrected chi connectivity index (χ2v) is 4.79. The summed E-state index contributed by atoms with van der Waals surface area (Å²) in [5, 5.41) is 4.50. The van der Waals surface area contributed by atoms with Gasteiger partial charge in [0.05, 0.1) is 13.1 Å². The van der Waals surface area contributed by atoms with Crippen LogP contribution in [0.25, 0.3) is 0 Å². The van der Waals surface area contributed by atoms with E-state index in [0.717, 1.165) is 12.3 Å². The zero-order chi connectivity index (χ0) is 14.4. The first-order valence-corrected chi connectivity index (χ1v) is 6.63. The van der Waals surface area contributed by atoms with Crippen molar-refractivity contribution in [2.24, 2.45) is 5.73 Å². The molecular weight excluding hydrogens is 280 g/mol. The Labute approximate surface area is 122 Å². The topological polar surface area (TPSA) is 77.4 Å². The first-order valence-electron chi connectivity index (χ1n) is 6.26. The number of aromatic nitrogens is 2. The lowest BCUT2D eigenvalue weighted by molar-refractivity contribution is 0.227. The molecule has 2 N–H and O–H groups in total. The summed E-state index contributed by atoms with van der Waals surface area (Å²) in [7, 11) is 1.96. The summed E-state index contributed by atoms with van der Waals surface area (Å²) in [6.07, 6.45) is 0. The second-order valence-electron chi connectivity index (χ2n) is 4.35. The summed E-state index contributed by atoms with van der Waals surface area (Å²) in [5.41, 5.74) is 5.41. The summed E-state index contributed by atoms with van der Waals surface area (Å²) >= 11 is 5.88. The van der Waals surface area contributed by atoms with E-state index in [1.165, 1.54) is 0 Å². The van der Waals surface area contributed by atoms with E-state index in [9.17, 15) is 0 Å². The molecule has 2 aromatic rings. The van der Waals surface area contributed by atoms with Crippen LogP contribution in [0.1, 0.15) is 11.7 Å². The van der Waals surface area contributed by atoms with Crippen LogP contribution < -0.4 is 10.5 Å². The highest BCUT2D eigenvalue weighted by Gasteiger charge is 2.07. The molecule has 0 spiro atoms. The Morgan fingerprint density at radius 1 is 1.45 bits per heavy atom. The van der Waals surface area contributed by atoms with Crippen molar-refractivity contribution in [3.8, 4) is 5.75 Å². The summed E-state index contributed by atoms with van der Waals surface area (Å²) in [5.74, 6) is 1.83. The first-order chi connectivity index (χ1) is 9.67. The van der Waals surface area contributed by atoms with Gasteiger partial charge in [0.2, 0.25) is 5.89 Å². The number of hydrogen-bond donors (Lipinski definition) is 1. The maximum Gasteiger partial charge on any atom is 0.240 e. The lowest BCUT2D eigenvalue weighted by Gasteiger charge is -2.14. The van der Waals surface area contributed by atoms with E-state index >= 15 is 0 Å².